The number of carboxylic acids is 1. The molecule has 1 amide bonds. The fourth-order valence-corrected chi connectivity index (χ4v) is 4.12. The van der Waals surface area contributed by atoms with Gasteiger partial charge in [-0.15, -0.1) is 0 Å². The normalized spacial score (nSPS) is 31.6. The molecule has 2 rings (SSSR count). The van der Waals surface area contributed by atoms with Gasteiger partial charge in [-0.25, -0.2) is 0 Å². The molecule has 1 aliphatic heterocycles. The highest BCUT2D eigenvalue weighted by Gasteiger charge is 2.34. The Bertz CT molecular complexity index is 361. The highest BCUT2D eigenvalue weighted by molar-refractivity contribution is 7.99. The van der Waals surface area contributed by atoms with Crippen molar-refractivity contribution in [3.05, 3.63) is 0 Å². The van der Waals surface area contributed by atoms with Crippen LogP contribution in [0.25, 0.3) is 0 Å². The van der Waals surface area contributed by atoms with Crippen molar-refractivity contribution >= 4 is 23.6 Å². The molecule has 114 valence electrons. The van der Waals surface area contributed by atoms with Crippen LogP contribution in [0.5, 0.6) is 0 Å². The fraction of sp³-hybridized carbons (Fsp3) is 0.867. The molecule has 0 bridgehead atoms. The van der Waals surface area contributed by atoms with Crippen molar-refractivity contribution in [2.24, 2.45) is 11.8 Å². The highest BCUT2D eigenvalue weighted by atomic mass is 32.2. The average molecular weight is 299 g/mol. The SMILES string of the molecule is CSC1CCCCN(C(=O)C2CCCC(C(=O)O)C2)C1. The zero-order valence-electron chi connectivity index (χ0n) is 12.2. The van der Waals surface area contributed by atoms with Crippen LogP contribution in [-0.2, 0) is 9.59 Å². The van der Waals surface area contributed by atoms with Crippen LogP contribution in [-0.4, -0.2) is 46.5 Å². The molecule has 4 nitrogen and oxygen atoms in total. The van der Waals surface area contributed by atoms with E-state index in [4.69, 9.17) is 5.11 Å². The van der Waals surface area contributed by atoms with Gasteiger partial charge < -0.3 is 10.0 Å². The number of likely N-dealkylation sites (tertiary alicyclic amines) is 1. The Kier molecular flexibility index (Phi) is 5.75. The second-order valence-corrected chi connectivity index (χ2v) is 7.17. The molecule has 2 aliphatic rings. The van der Waals surface area contributed by atoms with Crippen LogP contribution in [0, 0.1) is 11.8 Å². The van der Waals surface area contributed by atoms with E-state index in [1.165, 1.54) is 12.8 Å². The molecule has 2 fully saturated rings. The number of nitrogens with zero attached hydrogens (tertiary/aromatic N) is 1. The first-order valence-electron chi connectivity index (χ1n) is 7.66. The van der Waals surface area contributed by atoms with Crippen LogP contribution in [0.3, 0.4) is 0 Å². The van der Waals surface area contributed by atoms with Gasteiger partial charge in [-0.2, -0.15) is 11.8 Å². The number of hydrogen-bond donors (Lipinski definition) is 1. The van der Waals surface area contributed by atoms with Gasteiger partial charge in [0.05, 0.1) is 5.92 Å². The standard InChI is InChI=1S/C15H25NO3S/c1-20-13-7-2-3-8-16(10-13)14(17)11-5-4-6-12(9-11)15(18)19/h11-13H,2-10H2,1H3,(H,18,19). The highest BCUT2D eigenvalue weighted by Crippen LogP contribution is 2.31. The lowest BCUT2D eigenvalue weighted by Gasteiger charge is -2.31. The summed E-state index contributed by atoms with van der Waals surface area (Å²) in [5.74, 6) is -0.913. The molecule has 0 spiro atoms. The van der Waals surface area contributed by atoms with Gasteiger partial charge >= 0.3 is 5.97 Å². The molecule has 0 aromatic heterocycles. The summed E-state index contributed by atoms with van der Waals surface area (Å²) < 4.78 is 0. The molecule has 1 saturated carbocycles. The number of hydrogen-bond acceptors (Lipinski definition) is 3. The minimum Gasteiger partial charge on any atom is -0.481 e. The van der Waals surface area contributed by atoms with E-state index in [0.29, 0.717) is 11.7 Å². The monoisotopic (exact) mass is 299 g/mol. The molecule has 0 radical (unpaired) electrons. The second kappa shape index (κ2) is 7.34. The van der Waals surface area contributed by atoms with E-state index in [1.807, 2.05) is 16.7 Å². The van der Waals surface area contributed by atoms with Crippen LogP contribution in [0.15, 0.2) is 0 Å². The number of carbonyl (C=O) groups is 2. The fourth-order valence-electron chi connectivity index (χ4n) is 3.39. The first-order chi connectivity index (χ1) is 9.61. The van der Waals surface area contributed by atoms with Crippen molar-refractivity contribution in [3.63, 3.8) is 0 Å². The van der Waals surface area contributed by atoms with Gasteiger partial charge in [-0.1, -0.05) is 12.8 Å². The summed E-state index contributed by atoms with van der Waals surface area (Å²) >= 11 is 1.84. The molecule has 1 heterocycles. The maximum absolute atomic E-state index is 12.7. The molecular weight excluding hydrogens is 274 g/mol. The summed E-state index contributed by atoms with van der Waals surface area (Å²) in [7, 11) is 0. The van der Waals surface area contributed by atoms with Crippen LogP contribution >= 0.6 is 11.8 Å². The van der Waals surface area contributed by atoms with E-state index < -0.39 is 5.97 Å². The summed E-state index contributed by atoms with van der Waals surface area (Å²) in [5, 5.41) is 9.69. The molecule has 1 aliphatic carbocycles. The molecule has 3 unspecified atom stereocenters. The summed E-state index contributed by atoms with van der Waals surface area (Å²) in [6.45, 7) is 1.69. The summed E-state index contributed by atoms with van der Waals surface area (Å²) in [4.78, 5) is 25.8. The number of amides is 1. The smallest absolute Gasteiger partial charge is 0.306 e. The van der Waals surface area contributed by atoms with Crippen molar-refractivity contribution < 1.29 is 14.7 Å². The number of thioether (sulfide) groups is 1. The Hall–Kier alpha value is -0.710. The van der Waals surface area contributed by atoms with E-state index in [9.17, 15) is 9.59 Å². The Morgan fingerprint density at radius 3 is 2.55 bits per heavy atom. The maximum atomic E-state index is 12.7. The zero-order valence-corrected chi connectivity index (χ0v) is 13.0. The first kappa shape index (κ1) is 15.7. The van der Waals surface area contributed by atoms with Crippen LogP contribution in [0.1, 0.15) is 44.9 Å². The van der Waals surface area contributed by atoms with E-state index in [1.54, 1.807) is 0 Å². The lowest BCUT2D eigenvalue weighted by atomic mass is 9.80. The molecule has 0 aromatic carbocycles. The van der Waals surface area contributed by atoms with Crippen molar-refractivity contribution in [2.45, 2.75) is 50.2 Å². The van der Waals surface area contributed by atoms with Gasteiger partial charge in [0.25, 0.3) is 0 Å². The Labute approximate surface area is 125 Å². The van der Waals surface area contributed by atoms with Crippen LogP contribution < -0.4 is 0 Å². The van der Waals surface area contributed by atoms with Gasteiger partial charge in [0.2, 0.25) is 5.91 Å². The van der Waals surface area contributed by atoms with Crippen molar-refractivity contribution in [1.29, 1.82) is 0 Å². The van der Waals surface area contributed by atoms with E-state index in [-0.39, 0.29) is 17.7 Å². The second-order valence-electron chi connectivity index (χ2n) is 6.04. The van der Waals surface area contributed by atoms with E-state index >= 15 is 0 Å². The average Bonchev–Trinajstić information content (AvgIpc) is 2.72. The first-order valence-corrected chi connectivity index (χ1v) is 8.95. The van der Waals surface area contributed by atoms with Gasteiger partial charge in [-0.05, 0) is 38.4 Å². The maximum Gasteiger partial charge on any atom is 0.306 e. The van der Waals surface area contributed by atoms with Crippen molar-refractivity contribution in [2.75, 3.05) is 19.3 Å². The van der Waals surface area contributed by atoms with Crippen molar-refractivity contribution in [1.82, 2.24) is 4.90 Å². The van der Waals surface area contributed by atoms with Crippen LogP contribution in [0.2, 0.25) is 0 Å². The van der Waals surface area contributed by atoms with Crippen molar-refractivity contribution in [3.8, 4) is 0 Å². The van der Waals surface area contributed by atoms with Crippen LogP contribution in [0.4, 0.5) is 0 Å². The lowest BCUT2D eigenvalue weighted by Crippen LogP contribution is -2.41. The van der Waals surface area contributed by atoms with Gasteiger partial charge in [0, 0.05) is 24.3 Å². The minimum atomic E-state index is -0.736. The molecule has 1 saturated heterocycles. The summed E-state index contributed by atoms with van der Waals surface area (Å²) in [5.41, 5.74) is 0. The Morgan fingerprint density at radius 2 is 1.85 bits per heavy atom. The summed E-state index contributed by atoms with van der Waals surface area (Å²) in [6.07, 6.45) is 8.57. The molecule has 1 N–H and O–H groups in total. The minimum absolute atomic E-state index is 0.0644. The number of carboxylic acid groups (broad SMARTS) is 1. The Morgan fingerprint density at radius 1 is 1.10 bits per heavy atom. The van der Waals surface area contributed by atoms with Gasteiger partial charge in [0.15, 0.2) is 0 Å². The third-order valence-electron chi connectivity index (χ3n) is 4.65. The topological polar surface area (TPSA) is 57.6 Å². The predicted octanol–water partition coefficient (Wildman–Crippen LogP) is 2.62. The quantitative estimate of drug-likeness (QED) is 0.870. The largest absolute Gasteiger partial charge is 0.481 e. The third-order valence-corrected chi connectivity index (χ3v) is 5.70. The van der Waals surface area contributed by atoms with E-state index in [2.05, 4.69) is 6.26 Å². The van der Waals surface area contributed by atoms with Gasteiger partial charge in [0.1, 0.15) is 0 Å². The molecule has 3 atom stereocenters. The Balaban J connectivity index is 1.96. The lowest BCUT2D eigenvalue weighted by molar-refractivity contribution is -0.145. The predicted molar refractivity (Wildman–Crippen MR) is 80.8 cm³/mol. The third kappa shape index (κ3) is 3.90. The molecule has 5 heteroatoms. The molecule has 0 aromatic rings. The molecule has 20 heavy (non-hydrogen) atoms. The molecular formula is C15H25NO3S. The number of carbonyl (C=O) groups excluding carboxylic acids is 1. The zero-order chi connectivity index (χ0) is 14.5. The summed E-state index contributed by atoms with van der Waals surface area (Å²) in [6, 6.07) is 0. The number of aliphatic carboxylic acids is 1. The van der Waals surface area contributed by atoms with Gasteiger partial charge in [-0.3, -0.25) is 9.59 Å². The number of rotatable bonds is 3. The van der Waals surface area contributed by atoms with E-state index in [0.717, 1.165) is 38.8 Å².